The number of likely N-dealkylation sites (tertiary alicyclic amines) is 1. The van der Waals surface area contributed by atoms with Gasteiger partial charge in [-0.15, -0.1) is 0 Å². The third-order valence-corrected chi connectivity index (χ3v) is 5.22. The molecule has 2 N–H and O–H groups in total. The van der Waals surface area contributed by atoms with Crippen LogP contribution in [0, 0.1) is 6.92 Å². The van der Waals surface area contributed by atoms with Gasteiger partial charge in [-0.05, 0) is 37.9 Å². The summed E-state index contributed by atoms with van der Waals surface area (Å²) in [6, 6.07) is 12.8. The highest BCUT2D eigenvalue weighted by Crippen LogP contribution is 2.28. The molecule has 130 valence electrons. The van der Waals surface area contributed by atoms with Gasteiger partial charge in [0, 0.05) is 37.3 Å². The normalized spacial score (nSPS) is 18.7. The number of hydrogen-bond donors (Lipinski definition) is 1. The molecule has 0 saturated carbocycles. The van der Waals surface area contributed by atoms with E-state index < -0.39 is 0 Å². The molecular formula is C20H25N5. The fraction of sp³-hybridized carbons (Fsp3) is 0.400. The second kappa shape index (κ2) is 6.94. The summed E-state index contributed by atoms with van der Waals surface area (Å²) in [6.07, 6.45) is 4.31. The molecule has 3 heterocycles. The van der Waals surface area contributed by atoms with Gasteiger partial charge in [0.05, 0.1) is 11.4 Å². The van der Waals surface area contributed by atoms with Crippen molar-refractivity contribution in [3.05, 3.63) is 65.1 Å². The van der Waals surface area contributed by atoms with E-state index in [4.69, 9.17) is 10.8 Å². The molecule has 4 rings (SSSR count). The first-order valence-corrected chi connectivity index (χ1v) is 9.05. The van der Waals surface area contributed by atoms with Crippen molar-refractivity contribution in [3.63, 3.8) is 0 Å². The topological polar surface area (TPSA) is 59.5 Å². The van der Waals surface area contributed by atoms with Crippen molar-refractivity contribution in [3.8, 4) is 0 Å². The van der Waals surface area contributed by atoms with Crippen molar-refractivity contribution in [1.29, 1.82) is 0 Å². The number of nitrogens with zero attached hydrogens (tertiary/aromatic N) is 4. The minimum absolute atomic E-state index is 0.480. The minimum atomic E-state index is 0.480. The molecule has 5 nitrogen and oxygen atoms in total. The molecule has 1 aliphatic heterocycles. The quantitative estimate of drug-likeness (QED) is 0.796. The zero-order valence-corrected chi connectivity index (χ0v) is 14.7. The van der Waals surface area contributed by atoms with Gasteiger partial charge in [-0.25, -0.2) is 9.50 Å². The van der Waals surface area contributed by atoms with Gasteiger partial charge in [0.25, 0.3) is 0 Å². The van der Waals surface area contributed by atoms with Crippen LogP contribution in [-0.4, -0.2) is 32.6 Å². The highest BCUT2D eigenvalue weighted by atomic mass is 15.3. The predicted octanol–water partition coefficient (Wildman–Crippen LogP) is 2.88. The Labute approximate surface area is 148 Å². The third kappa shape index (κ3) is 3.17. The Hall–Kier alpha value is -2.24. The largest absolute Gasteiger partial charge is 0.326 e. The van der Waals surface area contributed by atoms with Gasteiger partial charge in [-0.3, -0.25) is 4.90 Å². The van der Waals surface area contributed by atoms with E-state index >= 15 is 0 Å². The lowest BCUT2D eigenvalue weighted by molar-refractivity contribution is 0.197. The number of nitrogens with two attached hydrogens (primary N) is 1. The fourth-order valence-electron chi connectivity index (χ4n) is 3.95. The van der Waals surface area contributed by atoms with Gasteiger partial charge in [0.2, 0.25) is 0 Å². The summed E-state index contributed by atoms with van der Waals surface area (Å²) in [5.74, 6) is 0.480. The third-order valence-electron chi connectivity index (χ3n) is 5.22. The van der Waals surface area contributed by atoms with Crippen LogP contribution in [0.25, 0.3) is 5.65 Å². The summed E-state index contributed by atoms with van der Waals surface area (Å²) in [6.45, 7) is 5.73. The van der Waals surface area contributed by atoms with Gasteiger partial charge in [-0.2, -0.15) is 5.10 Å². The van der Waals surface area contributed by atoms with E-state index in [1.54, 1.807) is 0 Å². The molecule has 2 aromatic heterocycles. The van der Waals surface area contributed by atoms with Crippen molar-refractivity contribution >= 4 is 5.65 Å². The molecule has 1 atom stereocenters. The van der Waals surface area contributed by atoms with Crippen LogP contribution >= 0.6 is 0 Å². The Morgan fingerprint density at radius 3 is 2.84 bits per heavy atom. The summed E-state index contributed by atoms with van der Waals surface area (Å²) >= 11 is 0. The van der Waals surface area contributed by atoms with E-state index in [2.05, 4.69) is 46.3 Å². The molecule has 1 aromatic carbocycles. The van der Waals surface area contributed by atoms with Gasteiger partial charge in [-0.1, -0.05) is 30.3 Å². The molecule has 5 heteroatoms. The highest BCUT2D eigenvalue weighted by molar-refractivity contribution is 5.50. The fourth-order valence-corrected chi connectivity index (χ4v) is 3.95. The molecule has 0 amide bonds. The number of piperidine rings is 1. The van der Waals surface area contributed by atoms with E-state index in [-0.39, 0.29) is 0 Å². The Morgan fingerprint density at radius 1 is 1.20 bits per heavy atom. The number of fused-ring (bicyclic) bond motifs is 1. The van der Waals surface area contributed by atoms with Gasteiger partial charge in [0.1, 0.15) is 0 Å². The first-order valence-electron chi connectivity index (χ1n) is 9.05. The van der Waals surface area contributed by atoms with Crippen LogP contribution in [0.3, 0.4) is 0 Å². The predicted molar refractivity (Wildman–Crippen MR) is 99.3 cm³/mol. The monoisotopic (exact) mass is 335 g/mol. The lowest BCUT2D eigenvalue weighted by Crippen LogP contribution is -2.34. The lowest BCUT2D eigenvalue weighted by Gasteiger charge is -2.33. The van der Waals surface area contributed by atoms with Crippen molar-refractivity contribution in [2.45, 2.75) is 38.8 Å². The zero-order valence-electron chi connectivity index (χ0n) is 14.7. The minimum Gasteiger partial charge on any atom is -0.326 e. The molecule has 1 fully saturated rings. The number of rotatable bonds is 4. The molecule has 3 aromatic rings. The number of hydrogen-bond acceptors (Lipinski definition) is 4. The molecule has 1 unspecified atom stereocenters. The molecule has 0 radical (unpaired) electrons. The van der Waals surface area contributed by atoms with Crippen molar-refractivity contribution in [1.82, 2.24) is 19.5 Å². The molecular weight excluding hydrogens is 310 g/mol. The summed E-state index contributed by atoms with van der Waals surface area (Å²) < 4.78 is 2.02. The average Bonchev–Trinajstić information content (AvgIpc) is 2.97. The van der Waals surface area contributed by atoms with Gasteiger partial charge >= 0.3 is 0 Å². The van der Waals surface area contributed by atoms with Crippen LogP contribution in [0.15, 0.2) is 42.6 Å². The van der Waals surface area contributed by atoms with Crippen molar-refractivity contribution < 1.29 is 0 Å². The van der Waals surface area contributed by atoms with Crippen LogP contribution in [0.5, 0.6) is 0 Å². The summed E-state index contributed by atoms with van der Waals surface area (Å²) in [5.41, 5.74) is 11.5. The molecule has 0 aliphatic carbocycles. The Kier molecular flexibility index (Phi) is 4.51. The van der Waals surface area contributed by atoms with Crippen LogP contribution in [-0.2, 0) is 13.1 Å². The van der Waals surface area contributed by atoms with E-state index in [0.717, 1.165) is 36.5 Å². The van der Waals surface area contributed by atoms with E-state index in [0.29, 0.717) is 12.5 Å². The second-order valence-corrected chi connectivity index (χ2v) is 6.93. The molecule has 1 aliphatic rings. The summed E-state index contributed by atoms with van der Waals surface area (Å²) in [5, 5.41) is 4.72. The van der Waals surface area contributed by atoms with Crippen molar-refractivity contribution in [2.24, 2.45) is 5.73 Å². The highest BCUT2D eigenvalue weighted by Gasteiger charge is 2.24. The summed E-state index contributed by atoms with van der Waals surface area (Å²) in [7, 11) is 0. The smallest absolute Gasteiger partial charge is 0.159 e. The Bertz CT molecular complexity index is 855. The maximum absolute atomic E-state index is 5.90. The average molecular weight is 335 g/mol. The SMILES string of the molecule is Cc1nn2c(C3CCCN(Cc4ccccc4)C3)ccnc2c1CN. The van der Waals surface area contributed by atoms with E-state index in [1.807, 2.05) is 17.6 Å². The van der Waals surface area contributed by atoms with Gasteiger partial charge in [0.15, 0.2) is 5.65 Å². The zero-order chi connectivity index (χ0) is 17.2. The number of benzene rings is 1. The van der Waals surface area contributed by atoms with E-state index in [9.17, 15) is 0 Å². The Balaban J connectivity index is 1.60. The molecule has 1 saturated heterocycles. The molecule has 0 bridgehead atoms. The standard InChI is InChI=1S/C20H25N5/c1-15-18(12-21)20-22-10-9-19(25(20)23-15)17-8-5-11-24(14-17)13-16-6-3-2-4-7-16/h2-4,6-7,9-10,17H,5,8,11-14,21H2,1H3. The first kappa shape index (κ1) is 16.2. The Morgan fingerprint density at radius 2 is 2.04 bits per heavy atom. The van der Waals surface area contributed by atoms with Gasteiger partial charge < -0.3 is 5.73 Å². The maximum Gasteiger partial charge on any atom is 0.159 e. The molecule has 25 heavy (non-hydrogen) atoms. The number of aromatic nitrogens is 3. The van der Waals surface area contributed by atoms with E-state index in [1.165, 1.54) is 24.1 Å². The van der Waals surface area contributed by atoms with Crippen LogP contribution < -0.4 is 5.73 Å². The summed E-state index contributed by atoms with van der Waals surface area (Å²) in [4.78, 5) is 7.07. The van der Waals surface area contributed by atoms with Crippen LogP contribution in [0.2, 0.25) is 0 Å². The van der Waals surface area contributed by atoms with Crippen LogP contribution in [0.4, 0.5) is 0 Å². The van der Waals surface area contributed by atoms with Crippen LogP contribution in [0.1, 0.15) is 41.3 Å². The molecule has 0 spiro atoms. The lowest BCUT2D eigenvalue weighted by atomic mass is 9.94. The second-order valence-electron chi connectivity index (χ2n) is 6.93. The first-order chi connectivity index (χ1) is 12.3. The van der Waals surface area contributed by atoms with Crippen molar-refractivity contribution in [2.75, 3.05) is 13.1 Å². The number of aryl methyl sites for hydroxylation is 1. The maximum atomic E-state index is 5.90.